The van der Waals surface area contributed by atoms with Crippen LogP contribution in [-0.2, 0) is 11.3 Å². The van der Waals surface area contributed by atoms with Crippen molar-refractivity contribution in [1.29, 1.82) is 0 Å². The van der Waals surface area contributed by atoms with Crippen molar-refractivity contribution in [1.82, 2.24) is 20.1 Å². The number of nitrogens with one attached hydrogen (secondary N) is 1. The summed E-state index contributed by atoms with van der Waals surface area (Å²) in [5, 5.41) is 17.3. The lowest BCUT2D eigenvalue weighted by Gasteiger charge is -2.18. The molecule has 0 radical (unpaired) electrons. The van der Waals surface area contributed by atoms with E-state index in [4.69, 9.17) is 5.73 Å². The Morgan fingerprint density at radius 2 is 1.84 bits per heavy atom. The van der Waals surface area contributed by atoms with Crippen LogP contribution in [-0.4, -0.2) is 31.7 Å². The van der Waals surface area contributed by atoms with Gasteiger partial charge in [-0.2, -0.15) is 5.10 Å². The molecule has 2 amide bonds. The van der Waals surface area contributed by atoms with Crippen LogP contribution in [0.15, 0.2) is 54.7 Å². The highest BCUT2D eigenvalue weighted by atomic mass is 19.3. The first-order valence-corrected chi connectivity index (χ1v) is 13.5. The van der Waals surface area contributed by atoms with Gasteiger partial charge >= 0.3 is 0 Å². The van der Waals surface area contributed by atoms with E-state index in [2.05, 4.69) is 15.4 Å². The van der Waals surface area contributed by atoms with E-state index in [1.807, 2.05) is 0 Å². The average molecular weight is 610 g/mol. The lowest BCUT2D eigenvalue weighted by Crippen LogP contribution is -2.29. The molecule has 8 nitrogen and oxygen atoms in total. The van der Waals surface area contributed by atoms with Crippen molar-refractivity contribution >= 4 is 23.1 Å². The number of fused-ring (bicyclic) bond motifs is 3. The number of nitrogens with zero attached hydrogens (tertiary/aromatic N) is 3. The lowest BCUT2D eigenvalue weighted by molar-refractivity contribution is -0.120. The van der Waals surface area contributed by atoms with Crippen LogP contribution in [0.3, 0.4) is 0 Å². The van der Waals surface area contributed by atoms with Gasteiger partial charge in [0.2, 0.25) is 5.91 Å². The van der Waals surface area contributed by atoms with Gasteiger partial charge in [-0.05, 0) is 72.2 Å². The lowest BCUT2D eigenvalue weighted by atomic mass is 9.96. The predicted octanol–water partition coefficient (Wildman–Crippen LogP) is 5.25. The molecule has 2 heterocycles. The number of rotatable bonds is 8. The molecule has 2 aromatic carbocycles. The highest BCUT2D eigenvalue weighted by Gasteiger charge is 2.56. The van der Waals surface area contributed by atoms with E-state index in [0.29, 0.717) is 23.6 Å². The van der Waals surface area contributed by atoms with Crippen molar-refractivity contribution in [2.45, 2.75) is 38.3 Å². The van der Waals surface area contributed by atoms with Gasteiger partial charge in [0.05, 0.1) is 28.8 Å². The Morgan fingerprint density at radius 3 is 2.52 bits per heavy atom. The van der Waals surface area contributed by atoms with Crippen LogP contribution >= 0.6 is 0 Å². The van der Waals surface area contributed by atoms with E-state index in [-0.39, 0.29) is 45.6 Å². The highest BCUT2D eigenvalue weighted by Crippen LogP contribution is 2.63. The van der Waals surface area contributed by atoms with E-state index in [1.165, 1.54) is 25.3 Å². The average Bonchev–Trinajstić information content (AvgIpc) is 3.60. The van der Waals surface area contributed by atoms with Crippen molar-refractivity contribution in [3.05, 3.63) is 106 Å². The summed E-state index contributed by atoms with van der Waals surface area (Å²) in [6.07, 6.45) is -2.00. The van der Waals surface area contributed by atoms with Crippen LogP contribution in [0.2, 0.25) is 0 Å². The molecule has 2 aliphatic carbocycles. The molecule has 1 saturated carbocycles. The Morgan fingerprint density at radius 1 is 1.11 bits per heavy atom. The number of benzene rings is 2. The van der Waals surface area contributed by atoms with Crippen LogP contribution < -0.4 is 11.1 Å². The minimum absolute atomic E-state index is 0.0122. The molecule has 44 heavy (non-hydrogen) atoms. The van der Waals surface area contributed by atoms with Gasteiger partial charge in [0.1, 0.15) is 29.7 Å². The summed E-state index contributed by atoms with van der Waals surface area (Å²) in [4.78, 5) is 29.7. The molecule has 1 fully saturated rings. The zero-order valence-electron chi connectivity index (χ0n) is 23.0. The van der Waals surface area contributed by atoms with E-state index < -0.39 is 59.6 Å². The number of hydrogen-bond acceptors (Lipinski definition) is 5. The van der Waals surface area contributed by atoms with Crippen molar-refractivity contribution < 1.29 is 36.6 Å². The minimum atomic E-state index is -2.91. The quantitative estimate of drug-likeness (QED) is 0.236. The maximum Gasteiger partial charge on any atom is 0.282 e. The number of alkyl halides is 2. The molecule has 0 aliphatic heterocycles. The normalized spacial score (nSPS) is 19.0. The summed E-state index contributed by atoms with van der Waals surface area (Å²) in [7, 11) is 0. The Labute approximate surface area is 247 Å². The Kier molecular flexibility index (Phi) is 7.28. The summed E-state index contributed by atoms with van der Waals surface area (Å²) >= 11 is 0. The monoisotopic (exact) mass is 609 g/mol. The summed E-state index contributed by atoms with van der Waals surface area (Å²) < 4.78 is 71.4. The van der Waals surface area contributed by atoms with E-state index in [1.54, 1.807) is 12.1 Å². The molecule has 4 aromatic rings. The van der Waals surface area contributed by atoms with E-state index in [9.17, 15) is 36.6 Å². The molecule has 0 spiro atoms. The van der Waals surface area contributed by atoms with Gasteiger partial charge in [0.25, 0.3) is 12.3 Å². The van der Waals surface area contributed by atoms with Crippen LogP contribution in [0.1, 0.15) is 70.4 Å². The van der Waals surface area contributed by atoms with E-state index >= 15 is 0 Å². The summed E-state index contributed by atoms with van der Waals surface area (Å²) in [5.74, 6) is -4.82. The second-order valence-corrected chi connectivity index (χ2v) is 10.8. The number of hydrogen-bond donors (Lipinski definition) is 3. The van der Waals surface area contributed by atoms with Crippen molar-refractivity contribution in [2.75, 3.05) is 0 Å². The number of amides is 2. The van der Waals surface area contributed by atoms with E-state index in [0.717, 1.165) is 22.9 Å². The second-order valence-electron chi connectivity index (χ2n) is 10.8. The van der Waals surface area contributed by atoms with Gasteiger partial charge in [-0.15, -0.1) is 0 Å². The number of carbonyl (C=O) groups is 2. The number of allylic oxidation sites excluding steroid dienone is 1. The zero-order chi connectivity index (χ0) is 31.4. The van der Waals surface area contributed by atoms with Gasteiger partial charge in [-0.3, -0.25) is 19.3 Å². The number of aromatic nitrogens is 3. The van der Waals surface area contributed by atoms with Crippen molar-refractivity contribution in [3.63, 3.8) is 0 Å². The topological polar surface area (TPSA) is 123 Å². The first kappa shape index (κ1) is 29.2. The third-order valence-electron chi connectivity index (χ3n) is 7.98. The number of aliphatic hydroxyl groups is 1. The molecule has 13 heteroatoms. The van der Waals surface area contributed by atoms with Crippen LogP contribution in [0.4, 0.5) is 22.0 Å². The highest BCUT2D eigenvalue weighted by molar-refractivity contribution is 6.00. The van der Waals surface area contributed by atoms with Gasteiger partial charge in [0, 0.05) is 23.4 Å². The summed E-state index contributed by atoms with van der Waals surface area (Å²) in [6.45, 7) is 0.921. The maximum atomic E-state index is 14.3. The molecule has 2 aliphatic rings. The van der Waals surface area contributed by atoms with Gasteiger partial charge in [-0.1, -0.05) is 12.1 Å². The maximum absolute atomic E-state index is 14.3. The standard InChI is InChI=1S/C31H24F5N5O3/c1-13(15-7-16(32)10-17(33)8-15)25(26-18(3-2-6-38-26)14-4-5-22(34)21(9-14)31(37)44)39-23(42)12-41-28-24(27(40-41)30(35)36)19-11-20(19)29(28)43/h2-10,19-20,29-30,43H,11-12H2,1H3,(H2,37,44)(H,39,42). The van der Waals surface area contributed by atoms with Crippen molar-refractivity contribution in [2.24, 2.45) is 11.7 Å². The number of aliphatic hydroxyl groups excluding tert-OH is 1. The van der Waals surface area contributed by atoms with Crippen LogP contribution in [0.25, 0.3) is 22.4 Å². The first-order valence-electron chi connectivity index (χ1n) is 13.5. The Bertz CT molecular complexity index is 1850. The Hall–Kier alpha value is -4.91. The smallest absolute Gasteiger partial charge is 0.282 e. The zero-order valence-corrected chi connectivity index (χ0v) is 23.0. The van der Waals surface area contributed by atoms with Crippen LogP contribution in [0, 0.1) is 23.4 Å². The fraction of sp³-hybridized carbons (Fsp3) is 0.226. The van der Waals surface area contributed by atoms with Crippen LogP contribution in [0.5, 0.6) is 0 Å². The third-order valence-corrected chi connectivity index (χ3v) is 7.98. The second kappa shape index (κ2) is 11.0. The molecular weight excluding hydrogens is 585 g/mol. The fourth-order valence-electron chi connectivity index (χ4n) is 5.86. The fourth-order valence-corrected chi connectivity index (χ4v) is 5.86. The molecular formula is C31H24F5N5O3. The van der Waals surface area contributed by atoms with Crippen molar-refractivity contribution in [3.8, 4) is 11.1 Å². The number of primary amides is 1. The largest absolute Gasteiger partial charge is 0.386 e. The number of carbonyl (C=O) groups excluding carboxylic acids is 2. The Balaban J connectivity index is 1.44. The number of nitrogens with two attached hydrogens (primary N) is 1. The molecule has 4 N–H and O–H groups in total. The molecule has 6 rings (SSSR count). The minimum Gasteiger partial charge on any atom is -0.386 e. The van der Waals surface area contributed by atoms with Gasteiger partial charge < -0.3 is 16.2 Å². The number of halogens is 5. The third kappa shape index (κ3) is 5.12. The molecule has 3 atom stereocenters. The molecule has 0 saturated heterocycles. The first-order chi connectivity index (χ1) is 20.9. The summed E-state index contributed by atoms with van der Waals surface area (Å²) in [6, 6.07) is 9.52. The molecule has 2 aromatic heterocycles. The number of pyridine rings is 1. The SMILES string of the molecule is CC(=C(NC(=O)Cn1nc(C(F)F)c2c1C(O)C1CC21)c1ncccc1-c1ccc(F)c(C(N)=O)c1)c1cc(F)cc(F)c1. The summed E-state index contributed by atoms with van der Waals surface area (Å²) in [5.41, 5.74) is 5.79. The predicted molar refractivity (Wildman–Crippen MR) is 148 cm³/mol. The molecule has 3 unspecified atom stereocenters. The molecule has 226 valence electrons. The van der Waals surface area contributed by atoms with Gasteiger partial charge in [0.15, 0.2) is 0 Å². The molecule has 0 bridgehead atoms. The van der Waals surface area contributed by atoms with Gasteiger partial charge in [-0.25, -0.2) is 22.0 Å².